The van der Waals surface area contributed by atoms with Gasteiger partial charge < -0.3 is 25.2 Å². The molecule has 10 heteroatoms. The molecule has 0 saturated carbocycles. The van der Waals surface area contributed by atoms with E-state index in [4.69, 9.17) is 21.8 Å². The van der Waals surface area contributed by atoms with Crippen molar-refractivity contribution in [3.63, 3.8) is 0 Å². The van der Waals surface area contributed by atoms with E-state index in [1.165, 1.54) is 0 Å². The second-order valence-corrected chi connectivity index (χ2v) is 5.80. The Kier molecular flexibility index (Phi) is 3.73. The first-order chi connectivity index (χ1) is 12.8. The zero-order chi connectivity index (χ0) is 22.1. The van der Waals surface area contributed by atoms with Crippen LogP contribution < -0.4 is 0 Å². The molecule has 24 heavy (non-hydrogen) atoms. The van der Waals surface area contributed by atoms with E-state index >= 15 is 0 Å². The maximum atomic E-state index is 12.5. The number of ketones is 4. The van der Waals surface area contributed by atoms with Crippen LogP contribution in [0.5, 0.6) is 0 Å². The molecule has 1 rings (SSSR count). The van der Waals surface area contributed by atoms with E-state index in [0.717, 1.165) is 0 Å². The van der Waals surface area contributed by atoms with Gasteiger partial charge in [0, 0.05) is 5.48 Å². The number of hydrogen-bond acceptors (Lipinski definition) is 9. The minimum Gasteiger partial charge on any atom is -0.394 e. The molecule has 0 aliphatic carbocycles. The zero-order valence-electron chi connectivity index (χ0n) is 16.3. The summed E-state index contributed by atoms with van der Waals surface area (Å²) < 4.78 is 33.6. The van der Waals surface area contributed by atoms with Crippen LogP contribution >= 0.6 is 11.6 Å². The number of aliphatic hydroxyl groups is 4. The molecular weight excluding hydrogens is 348 g/mol. The van der Waals surface area contributed by atoms with Crippen LogP contribution in [-0.4, -0.2) is 78.1 Å². The molecule has 1 aliphatic rings. The fourth-order valence-electron chi connectivity index (χ4n) is 2.72. The number of hydrogen-bond donors (Lipinski definition) is 4. The number of rotatable bonds is 5. The van der Waals surface area contributed by atoms with E-state index in [9.17, 15) is 39.6 Å². The van der Waals surface area contributed by atoms with E-state index in [-0.39, 0.29) is 0 Å². The first-order valence-electron chi connectivity index (χ1n) is 9.12. The lowest BCUT2D eigenvalue weighted by molar-refractivity contribution is -0.325. The monoisotopic (exact) mass is 370 g/mol. The van der Waals surface area contributed by atoms with Gasteiger partial charge in [-0.25, -0.2) is 0 Å². The molecule has 1 heterocycles. The van der Waals surface area contributed by atoms with Crippen LogP contribution in [0.1, 0.15) is 33.1 Å². The highest BCUT2D eigenvalue weighted by Gasteiger charge is 2.83. The van der Waals surface area contributed by atoms with Crippen LogP contribution in [0.25, 0.3) is 0 Å². The Morgan fingerprint density at radius 1 is 0.958 bits per heavy atom. The number of alkyl halides is 1. The topological polar surface area (TPSA) is 158 Å². The second kappa shape index (κ2) is 5.94. The molecular formula is C14H19ClO9. The minimum atomic E-state index is -4.05. The summed E-state index contributed by atoms with van der Waals surface area (Å²) in [4.78, 5) is 49.5. The van der Waals surface area contributed by atoms with Gasteiger partial charge in [-0.15, -0.1) is 0 Å². The van der Waals surface area contributed by atoms with E-state index in [0.29, 0.717) is 0 Å². The molecule has 1 aliphatic heterocycles. The Bertz CT molecular complexity index is 694. The highest BCUT2D eigenvalue weighted by Crippen LogP contribution is 2.53. The molecule has 9 nitrogen and oxygen atoms in total. The smallest absolute Gasteiger partial charge is 0.240 e. The van der Waals surface area contributed by atoms with E-state index in [1.54, 1.807) is 0 Å². The van der Waals surface area contributed by atoms with Crippen molar-refractivity contribution in [1.82, 2.24) is 0 Å². The second-order valence-electron chi connectivity index (χ2n) is 5.26. The largest absolute Gasteiger partial charge is 0.394 e. The molecule has 0 amide bonds. The third-order valence-electron chi connectivity index (χ3n) is 4.07. The summed E-state index contributed by atoms with van der Waals surface area (Å²) >= 11 is 5.94. The maximum Gasteiger partial charge on any atom is 0.240 e. The molecule has 1 fully saturated rings. The quantitative estimate of drug-likeness (QED) is 0.396. The van der Waals surface area contributed by atoms with Crippen LogP contribution in [-0.2, 0) is 23.9 Å². The molecule has 0 aromatic rings. The number of ether oxygens (including phenoxy) is 1. The number of carbonyl (C=O) groups is 4. The number of aliphatic hydroxyl groups excluding tert-OH is 1. The first-order valence-corrected chi connectivity index (χ1v) is 6.67. The van der Waals surface area contributed by atoms with Gasteiger partial charge in [0.25, 0.3) is 0 Å². The maximum absolute atomic E-state index is 12.5. The number of Topliss-reactive ketones (excluding diaryl/α,β-unsaturated/α-hetero) is 4. The molecule has 1 unspecified atom stereocenters. The van der Waals surface area contributed by atoms with Crippen molar-refractivity contribution in [3.05, 3.63) is 0 Å². The van der Waals surface area contributed by atoms with Gasteiger partial charge in [-0.2, -0.15) is 0 Å². The molecule has 4 N–H and O–H groups in total. The Morgan fingerprint density at radius 3 is 1.83 bits per heavy atom. The summed E-state index contributed by atoms with van der Waals surface area (Å²) in [6, 6.07) is 0. The Balaban J connectivity index is 4.15. The molecule has 0 bridgehead atoms. The lowest BCUT2D eigenvalue weighted by atomic mass is 9.58. The minimum absolute atomic E-state index is 1.27. The van der Waals surface area contributed by atoms with Gasteiger partial charge in [0.15, 0.2) is 28.7 Å². The molecule has 1 saturated heterocycles. The lowest BCUT2D eigenvalue weighted by Crippen LogP contribution is -2.89. The molecule has 0 radical (unpaired) electrons. The van der Waals surface area contributed by atoms with E-state index in [2.05, 4.69) is 0 Å². The highest BCUT2D eigenvalue weighted by atomic mass is 35.5. The van der Waals surface area contributed by atoms with Gasteiger partial charge in [-0.3, -0.25) is 19.2 Å². The van der Waals surface area contributed by atoms with Gasteiger partial charge in [0.2, 0.25) is 16.3 Å². The van der Waals surface area contributed by atoms with Crippen molar-refractivity contribution in [2.24, 2.45) is 0 Å². The van der Waals surface area contributed by atoms with Crippen molar-refractivity contribution in [3.8, 4) is 0 Å². The summed E-state index contributed by atoms with van der Waals surface area (Å²) in [5, 5.41) is 39.1. The van der Waals surface area contributed by atoms with Gasteiger partial charge in [0.1, 0.15) is 6.10 Å². The van der Waals surface area contributed by atoms with E-state index in [1.807, 2.05) is 0 Å². The average molecular weight is 371 g/mol. The normalized spacial score (nSPS) is 44.6. The molecule has 136 valence electrons. The summed E-state index contributed by atoms with van der Waals surface area (Å²) in [5.41, 5.74) is -11.7. The van der Waals surface area contributed by atoms with Crippen molar-refractivity contribution in [2.75, 3.05) is 6.61 Å². The Hall–Kier alpha value is -1.23. The van der Waals surface area contributed by atoms with Crippen molar-refractivity contribution < 1.29 is 49.8 Å². The third kappa shape index (κ3) is 2.06. The molecule has 5 atom stereocenters. The standard InChI is InChI=1S/C14H19ClO9/c1-6(17)11(21)10(5-16)24-14(15,9(4)20)13(23,8(3)19)12(11,22)7(2)18/h10,16,21-23H,5H2,1-4H3/t10-,11-,12+,13+,14?/m1/s1/i1D,2D,3D,4D. The summed E-state index contributed by atoms with van der Waals surface area (Å²) in [6.07, 6.45) is -2.40. The fourth-order valence-corrected chi connectivity index (χ4v) is 3.07. The highest BCUT2D eigenvalue weighted by molar-refractivity contribution is 6.37. The van der Waals surface area contributed by atoms with Gasteiger partial charge in [0.05, 0.1) is 6.61 Å². The van der Waals surface area contributed by atoms with Crippen molar-refractivity contribution in [2.45, 2.75) is 55.6 Å². The molecule has 0 aromatic heterocycles. The van der Waals surface area contributed by atoms with Gasteiger partial charge in [-0.1, -0.05) is 11.6 Å². The Morgan fingerprint density at radius 2 is 1.42 bits per heavy atom. The predicted molar refractivity (Wildman–Crippen MR) is 78.1 cm³/mol. The number of halogens is 1. The lowest BCUT2D eigenvalue weighted by Gasteiger charge is -2.59. The zero-order valence-corrected chi connectivity index (χ0v) is 13.1. The van der Waals surface area contributed by atoms with Crippen LogP contribution in [0.3, 0.4) is 0 Å². The number of carbonyl (C=O) groups excluding carboxylic acids is 4. The van der Waals surface area contributed by atoms with Crippen LogP contribution in [0.15, 0.2) is 0 Å². The third-order valence-corrected chi connectivity index (χ3v) is 4.64. The van der Waals surface area contributed by atoms with Crippen LogP contribution in [0.4, 0.5) is 0 Å². The Labute approximate surface area is 147 Å². The van der Waals surface area contributed by atoms with Crippen LogP contribution in [0, 0.1) is 0 Å². The average Bonchev–Trinajstić information content (AvgIpc) is 2.71. The van der Waals surface area contributed by atoms with Crippen molar-refractivity contribution >= 4 is 34.7 Å². The fraction of sp³-hybridized carbons (Fsp3) is 0.714. The van der Waals surface area contributed by atoms with Crippen molar-refractivity contribution in [1.29, 1.82) is 0 Å². The van der Waals surface area contributed by atoms with Crippen LogP contribution in [0.2, 0.25) is 0 Å². The summed E-state index contributed by atoms with van der Waals surface area (Å²) in [5.74, 6) is -7.02. The molecule has 0 spiro atoms. The predicted octanol–water partition coefficient (Wildman–Crippen LogP) is -2.14. The van der Waals surface area contributed by atoms with Gasteiger partial charge >= 0.3 is 0 Å². The van der Waals surface area contributed by atoms with Gasteiger partial charge in [-0.05, 0) is 27.6 Å². The summed E-state index contributed by atoms with van der Waals surface area (Å²) in [7, 11) is 0. The molecule has 0 aromatic carbocycles. The SMILES string of the molecule is [2H]CC(=O)C1(Cl)O[C@H](CO)[C@](O)(C(=O)C[2H])[C@@](O)(C(=O)C[2H])[C@@]1(O)C(=O)C[2H]. The summed E-state index contributed by atoms with van der Waals surface area (Å²) in [6.45, 7) is -6.87. The first kappa shape index (κ1) is 15.1. The van der Waals surface area contributed by atoms with E-state index < -0.39 is 85.3 Å².